The van der Waals surface area contributed by atoms with Gasteiger partial charge in [-0.1, -0.05) is 20.8 Å². The zero-order valence-corrected chi connectivity index (χ0v) is 15.6. The second-order valence-corrected chi connectivity index (χ2v) is 8.49. The first kappa shape index (κ1) is 17.6. The number of hydrogen-bond acceptors (Lipinski definition) is 4. The summed E-state index contributed by atoms with van der Waals surface area (Å²) in [6, 6.07) is 4.51. The molecule has 1 fully saturated rings. The number of ether oxygens (including phenoxy) is 2. The normalized spacial score (nSPS) is 27.3. The highest BCUT2D eigenvalue weighted by Crippen LogP contribution is 2.44. The van der Waals surface area contributed by atoms with Crippen LogP contribution in [0.1, 0.15) is 50.8 Å². The van der Waals surface area contributed by atoms with Crippen LogP contribution in [0, 0.1) is 11.3 Å². The summed E-state index contributed by atoms with van der Waals surface area (Å²) in [5, 5.41) is 10.7. The van der Waals surface area contributed by atoms with E-state index in [1.54, 1.807) is 14.2 Å². The predicted octanol–water partition coefficient (Wildman–Crippen LogP) is 3.42. The standard InChI is InChI=1S/C20H31NO3/c1-20(2,3)11-14-12-21-7-6-13-8-18(23-4)19(24-5)9-15(13)16(21)10-17(14)22/h8-9,14,16-17,22H,6-7,10-12H2,1-5H3/t14-,16-,17-/m1/s1. The number of fused-ring (bicyclic) bond motifs is 3. The second kappa shape index (κ2) is 6.57. The molecule has 0 saturated carbocycles. The maximum absolute atomic E-state index is 10.7. The Morgan fingerprint density at radius 2 is 1.83 bits per heavy atom. The lowest BCUT2D eigenvalue weighted by Gasteiger charge is -2.47. The second-order valence-electron chi connectivity index (χ2n) is 8.49. The van der Waals surface area contributed by atoms with Crippen LogP contribution in [0.4, 0.5) is 0 Å². The van der Waals surface area contributed by atoms with Gasteiger partial charge >= 0.3 is 0 Å². The van der Waals surface area contributed by atoms with Gasteiger partial charge in [-0.25, -0.2) is 0 Å². The van der Waals surface area contributed by atoms with Gasteiger partial charge in [-0.2, -0.15) is 0 Å². The number of piperidine rings is 1. The maximum Gasteiger partial charge on any atom is 0.161 e. The highest BCUT2D eigenvalue weighted by molar-refractivity contribution is 5.49. The third kappa shape index (κ3) is 3.40. The molecule has 0 bridgehead atoms. The van der Waals surface area contributed by atoms with E-state index in [0.29, 0.717) is 12.0 Å². The van der Waals surface area contributed by atoms with Gasteiger partial charge in [0.15, 0.2) is 11.5 Å². The Balaban J connectivity index is 1.86. The highest BCUT2D eigenvalue weighted by Gasteiger charge is 2.39. The van der Waals surface area contributed by atoms with Gasteiger partial charge in [-0.3, -0.25) is 4.90 Å². The van der Waals surface area contributed by atoms with Gasteiger partial charge < -0.3 is 14.6 Å². The van der Waals surface area contributed by atoms with Crippen molar-refractivity contribution < 1.29 is 14.6 Å². The highest BCUT2D eigenvalue weighted by atomic mass is 16.5. The number of nitrogens with zero attached hydrogens (tertiary/aromatic N) is 1. The van der Waals surface area contributed by atoms with Gasteiger partial charge in [0, 0.05) is 19.1 Å². The summed E-state index contributed by atoms with van der Waals surface area (Å²) in [7, 11) is 3.36. The predicted molar refractivity (Wildman–Crippen MR) is 95.7 cm³/mol. The summed E-state index contributed by atoms with van der Waals surface area (Å²) < 4.78 is 10.9. The topological polar surface area (TPSA) is 41.9 Å². The largest absolute Gasteiger partial charge is 0.493 e. The van der Waals surface area contributed by atoms with Crippen LogP contribution in [0.2, 0.25) is 0 Å². The molecule has 2 heterocycles. The first-order valence-electron chi connectivity index (χ1n) is 8.99. The van der Waals surface area contributed by atoms with E-state index in [1.807, 2.05) is 0 Å². The minimum absolute atomic E-state index is 0.232. The Kier molecular flexibility index (Phi) is 4.80. The van der Waals surface area contributed by atoms with E-state index in [2.05, 4.69) is 37.8 Å². The summed E-state index contributed by atoms with van der Waals surface area (Å²) in [5.74, 6) is 1.94. The van der Waals surface area contributed by atoms with Gasteiger partial charge in [-0.05, 0) is 53.9 Å². The molecule has 2 aliphatic rings. The number of hydrogen-bond donors (Lipinski definition) is 1. The third-order valence-corrected chi connectivity index (χ3v) is 5.47. The summed E-state index contributed by atoms with van der Waals surface area (Å²) >= 11 is 0. The fourth-order valence-corrected chi connectivity index (χ4v) is 4.41. The van der Waals surface area contributed by atoms with E-state index >= 15 is 0 Å². The third-order valence-electron chi connectivity index (χ3n) is 5.47. The molecule has 3 rings (SSSR count). The summed E-state index contributed by atoms with van der Waals surface area (Å²) in [5.41, 5.74) is 2.88. The fourth-order valence-electron chi connectivity index (χ4n) is 4.41. The monoisotopic (exact) mass is 333 g/mol. The van der Waals surface area contributed by atoms with Crippen molar-refractivity contribution in [2.45, 2.75) is 52.2 Å². The van der Waals surface area contributed by atoms with Crippen molar-refractivity contribution in [3.8, 4) is 11.5 Å². The Bertz CT molecular complexity index is 593. The number of aliphatic hydroxyl groups is 1. The molecular weight excluding hydrogens is 302 g/mol. The quantitative estimate of drug-likeness (QED) is 0.920. The summed E-state index contributed by atoms with van der Waals surface area (Å²) in [6.07, 6.45) is 2.67. The molecule has 0 aliphatic carbocycles. The molecule has 24 heavy (non-hydrogen) atoms. The Morgan fingerprint density at radius 3 is 2.46 bits per heavy atom. The molecule has 0 amide bonds. The van der Waals surface area contributed by atoms with Crippen LogP contribution in [0.5, 0.6) is 11.5 Å². The molecule has 1 aromatic carbocycles. The van der Waals surface area contributed by atoms with E-state index in [0.717, 1.165) is 43.9 Å². The minimum Gasteiger partial charge on any atom is -0.493 e. The molecule has 3 atom stereocenters. The molecule has 4 heteroatoms. The van der Waals surface area contributed by atoms with Crippen molar-refractivity contribution in [2.75, 3.05) is 27.3 Å². The average Bonchev–Trinajstić information content (AvgIpc) is 2.53. The maximum atomic E-state index is 10.7. The number of benzene rings is 1. The molecule has 1 aromatic rings. The lowest BCUT2D eigenvalue weighted by molar-refractivity contribution is -0.0259. The molecule has 0 spiro atoms. The van der Waals surface area contributed by atoms with Crippen LogP contribution in [-0.4, -0.2) is 43.4 Å². The summed E-state index contributed by atoms with van der Waals surface area (Å²) in [4.78, 5) is 2.55. The van der Waals surface area contributed by atoms with Crippen LogP contribution < -0.4 is 9.47 Å². The van der Waals surface area contributed by atoms with E-state index in [9.17, 15) is 5.11 Å². The molecule has 1 N–H and O–H groups in total. The smallest absolute Gasteiger partial charge is 0.161 e. The van der Waals surface area contributed by atoms with Crippen LogP contribution in [-0.2, 0) is 6.42 Å². The minimum atomic E-state index is -0.232. The van der Waals surface area contributed by atoms with Crippen molar-refractivity contribution in [1.82, 2.24) is 4.90 Å². The van der Waals surface area contributed by atoms with E-state index < -0.39 is 0 Å². The molecule has 0 aromatic heterocycles. The zero-order chi connectivity index (χ0) is 17.5. The molecule has 134 valence electrons. The van der Waals surface area contributed by atoms with Gasteiger partial charge in [0.2, 0.25) is 0 Å². The number of methoxy groups -OCH3 is 2. The van der Waals surface area contributed by atoms with Crippen LogP contribution >= 0.6 is 0 Å². The van der Waals surface area contributed by atoms with Crippen molar-refractivity contribution in [3.05, 3.63) is 23.3 Å². The van der Waals surface area contributed by atoms with Crippen molar-refractivity contribution >= 4 is 0 Å². The van der Waals surface area contributed by atoms with E-state index in [-0.39, 0.29) is 11.5 Å². The van der Waals surface area contributed by atoms with Gasteiger partial charge in [0.05, 0.1) is 20.3 Å². The molecular formula is C20H31NO3. The van der Waals surface area contributed by atoms with Crippen LogP contribution in [0.3, 0.4) is 0 Å². The first-order chi connectivity index (χ1) is 11.3. The van der Waals surface area contributed by atoms with Crippen molar-refractivity contribution in [2.24, 2.45) is 11.3 Å². The molecule has 0 unspecified atom stereocenters. The molecule has 0 radical (unpaired) electrons. The SMILES string of the molecule is COc1cc2c(cc1OC)[C@H]1C[C@@H](O)[C@H](CC(C)(C)C)CN1CC2. The van der Waals surface area contributed by atoms with E-state index in [1.165, 1.54) is 11.1 Å². The first-order valence-corrected chi connectivity index (χ1v) is 8.99. The lowest BCUT2D eigenvalue weighted by Crippen LogP contribution is -2.48. The Hall–Kier alpha value is -1.26. The van der Waals surface area contributed by atoms with Crippen molar-refractivity contribution in [3.63, 3.8) is 0 Å². The Morgan fingerprint density at radius 1 is 1.17 bits per heavy atom. The number of rotatable bonds is 3. The van der Waals surface area contributed by atoms with E-state index in [4.69, 9.17) is 9.47 Å². The number of aliphatic hydroxyl groups excluding tert-OH is 1. The Labute approximate surface area is 145 Å². The summed E-state index contributed by atoms with van der Waals surface area (Å²) in [6.45, 7) is 8.81. The van der Waals surface area contributed by atoms with Gasteiger partial charge in [-0.15, -0.1) is 0 Å². The lowest BCUT2D eigenvalue weighted by atomic mass is 9.75. The zero-order valence-electron chi connectivity index (χ0n) is 15.6. The van der Waals surface area contributed by atoms with Crippen molar-refractivity contribution in [1.29, 1.82) is 0 Å². The molecule has 2 aliphatic heterocycles. The molecule has 1 saturated heterocycles. The fraction of sp³-hybridized carbons (Fsp3) is 0.700. The van der Waals surface area contributed by atoms with Gasteiger partial charge in [0.1, 0.15) is 0 Å². The van der Waals surface area contributed by atoms with Crippen LogP contribution in [0.15, 0.2) is 12.1 Å². The van der Waals surface area contributed by atoms with Gasteiger partial charge in [0.25, 0.3) is 0 Å². The van der Waals surface area contributed by atoms with Crippen LogP contribution in [0.25, 0.3) is 0 Å². The average molecular weight is 333 g/mol. The molecule has 4 nitrogen and oxygen atoms in total.